The second-order valence-electron chi connectivity index (χ2n) is 2.78. The van der Waals surface area contributed by atoms with E-state index in [1.165, 1.54) is 5.57 Å². The van der Waals surface area contributed by atoms with Crippen molar-refractivity contribution in [1.82, 2.24) is 0 Å². The maximum absolute atomic E-state index is 3.72. The molecule has 0 heteroatoms. The highest BCUT2D eigenvalue weighted by molar-refractivity contribution is 5.20. The zero-order chi connectivity index (χ0) is 7.98. The third kappa shape index (κ3) is 4.13. The molecule has 0 bridgehead atoms. The van der Waals surface area contributed by atoms with Crippen LogP contribution in [0.1, 0.15) is 20.3 Å². The molecule has 0 aromatic carbocycles. The number of allylic oxidation sites excluding steroid dienone is 4. The van der Waals surface area contributed by atoms with Crippen LogP contribution in [-0.4, -0.2) is 0 Å². The van der Waals surface area contributed by atoms with Crippen LogP contribution in [0.2, 0.25) is 0 Å². The SMILES string of the molecule is C=C/C=C(\C=C)CC(C)C. The molecule has 56 valence electrons. The van der Waals surface area contributed by atoms with Gasteiger partial charge in [0, 0.05) is 0 Å². The van der Waals surface area contributed by atoms with Gasteiger partial charge in [0.25, 0.3) is 0 Å². The van der Waals surface area contributed by atoms with E-state index >= 15 is 0 Å². The van der Waals surface area contributed by atoms with E-state index in [0.29, 0.717) is 5.92 Å². The summed E-state index contributed by atoms with van der Waals surface area (Å²) in [6.07, 6.45) is 6.80. The second kappa shape index (κ2) is 5.04. The fraction of sp³-hybridized carbons (Fsp3) is 0.400. The van der Waals surface area contributed by atoms with E-state index in [2.05, 4.69) is 27.0 Å². The summed E-state index contributed by atoms with van der Waals surface area (Å²) in [6, 6.07) is 0. The molecule has 0 aliphatic carbocycles. The van der Waals surface area contributed by atoms with Gasteiger partial charge in [-0.1, -0.05) is 45.2 Å². The maximum Gasteiger partial charge on any atom is -0.0256 e. The van der Waals surface area contributed by atoms with Gasteiger partial charge in [-0.2, -0.15) is 0 Å². The first kappa shape index (κ1) is 9.22. The molecule has 0 aromatic heterocycles. The Morgan fingerprint density at radius 1 is 1.40 bits per heavy atom. The Kier molecular flexibility index (Phi) is 4.65. The first-order valence-electron chi connectivity index (χ1n) is 3.64. The molecule has 0 saturated carbocycles. The van der Waals surface area contributed by atoms with Gasteiger partial charge < -0.3 is 0 Å². The summed E-state index contributed by atoms with van der Waals surface area (Å²) >= 11 is 0. The number of rotatable bonds is 4. The Morgan fingerprint density at radius 3 is 2.30 bits per heavy atom. The lowest BCUT2D eigenvalue weighted by Crippen LogP contribution is -1.87. The quantitative estimate of drug-likeness (QED) is 0.520. The van der Waals surface area contributed by atoms with Gasteiger partial charge in [0.05, 0.1) is 0 Å². The third-order valence-corrected chi connectivity index (χ3v) is 1.24. The van der Waals surface area contributed by atoms with Crippen LogP contribution in [0.25, 0.3) is 0 Å². The first-order valence-corrected chi connectivity index (χ1v) is 3.64. The third-order valence-electron chi connectivity index (χ3n) is 1.24. The minimum Gasteiger partial charge on any atom is -0.0991 e. The summed E-state index contributed by atoms with van der Waals surface area (Å²) in [7, 11) is 0. The van der Waals surface area contributed by atoms with Crippen molar-refractivity contribution >= 4 is 0 Å². The van der Waals surface area contributed by atoms with Gasteiger partial charge in [-0.25, -0.2) is 0 Å². The van der Waals surface area contributed by atoms with E-state index in [0.717, 1.165) is 6.42 Å². The highest BCUT2D eigenvalue weighted by Gasteiger charge is 1.94. The van der Waals surface area contributed by atoms with Crippen LogP contribution in [0.15, 0.2) is 37.0 Å². The smallest absolute Gasteiger partial charge is 0.0256 e. The van der Waals surface area contributed by atoms with Gasteiger partial charge in [-0.05, 0) is 17.9 Å². The predicted octanol–water partition coefficient (Wildman–Crippen LogP) is 3.33. The summed E-state index contributed by atoms with van der Waals surface area (Å²) in [5, 5.41) is 0. The van der Waals surface area contributed by atoms with Gasteiger partial charge in [0.2, 0.25) is 0 Å². The molecule has 0 aliphatic rings. The fourth-order valence-electron chi connectivity index (χ4n) is 0.842. The lowest BCUT2D eigenvalue weighted by atomic mass is 10.0. The highest BCUT2D eigenvalue weighted by atomic mass is 14.0. The molecule has 10 heavy (non-hydrogen) atoms. The molecular weight excluding hydrogens is 120 g/mol. The maximum atomic E-state index is 3.72. The molecule has 0 aromatic rings. The molecule has 0 radical (unpaired) electrons. The molecule has 0 atom stereocenters. The van der Waals surface area contributed by atoms with Crippen LogP contribution < -0.4 is 0 Å². The molecule has 0 unspecified atom stereocenters. The van der Waals surface area contributed by atoms with Crippen molar-refractivity contribution in [1.29, 1.82) is 0 Å². The van der Waals surface area contributed by atoms with Crippen molar-refractivity contribution in [3.8, 4) is 0 Å². The van der Waals surface area contributed by atoms with E-state index in [9.17, 15) is 0 Å². The van der Waals surface area contributed by atoms with E-state index in [1.54, 1.807) is 6.08 Å². The highest BCUT2D eigenvalue weighted by Crippen LogP contribution is 2.10. The van der Waals surface area contributed by atoms with Crippen LogP contribution in [-0.2, 0) is 0 Å². The van der Waals surface area contributed by atoms with Gasteiger partial charge in [0.1, 0.15) is 0 Å². The minimum atomic E-state index is 0.698. The molecule has 0 heterocycles. The fourth-order valence-corrected chi connectivity index (χ4v) is 0.842. The van der Waals surface area contributed by atoms with Crippen molar-refractivity contribution in [2.24, 2.45) is 5.92 Å². The molecule has 0 nitrogen and oxygen atoms in total. The summed E-state index contributed by atoms with van der Waals surface area (Å²) in [5.74, 6) is 0.698. The van der Waals surface area contributed by atoms with Crippen molar-refractivity contribution in [2.45, 2.75) is 20.3 Å². The van der Waals surface area contributed by atoms with Gasteiger partial charge in [-0.3, -0.25) is 0 Å². The Bertz CT molecular complexity index is 138. The summed E-state index contributed by atoms with van der Waals surface area (Å²) in [6.45, 7) is 11.7. The molecule has 0 fully saturated rings. The normalized spacial score (nSPS) is 11.7. The standard InChI is InChI=1S/C10H16/c1-5-7-10(6-2)8-9(3)4/h5-7,9H,1-2,8H2,3-4H3/b10-7+. The topological polar surface area (TPSA) is 0 Å². The van der Waals surface area contributed by atoms with Crippen LogP contribution in [0, 0.1) is 5.92 Å². The average molecular weight is 136 g/mol. The Morgan fingerprint density at radius 2 is 2.00 bits per heavy atom. The largest absolute Gasteiger partial charge is 0.0991 e. The zero-order valence-corrected chi connectivity index (χ0v) is 6.93. The van der Waals surface area contributed by atoms with Crippen LogP contribution >= 0.6 is 0 Å². The minimum absolute atomic E-state index is 0.698. The molecular formula is C10H16. The summed E-state index contributed by atoms with van der Waals surface area (Å²) in [4.78, 5) is 0. The molecule has 0 spiro atoms. The molecule has 0 N–H and O–H groups in total. The van der Waals surface area contributed by atoms with Gasteiger partial charge in [-0.15, -0.1) is 0 Å². The molecule has 0 aliphatic heterocycles. The molecule has 0 rings (SSSR count). The monoisotopic (exact) mass is 136 g/mol. The Hall–Kier alpha value is -0.780. The molecule has 0 saturated heterocycles. The van der Waals surface area contributed by atoms with Crippen LogP contribution in [0.5, 0.6) is 0 Å². The van der Waals surface area contributed by atoms with Crippen LogP contribution in [0.4, 0.5) is 0 Å². The summed E-state index contributed by atoms with van der Waals surface area (Å²) < 4.78 is 0. The average Bonchev–Trinajstić information content (AvgIpc) is 1.86. The Labute approximate surface area is 64.0 Å². The van der Waals surface area contributed by atoms with Gasteiger partial charge >= 0.3 is 0 Å². The van der Waals surface area contributed by atoms with E-state index in [1.807, 2.05) is 12.2 Å². The lowest BCUT2D eigenvalue weighted by molar-refractivity contribution is 0.650. The van der Waals surface area contributed by atoms with E-state index in [4.69, 9.17) is 0 Å². The van der Waals surface area contributed by atoms with E-state index in [-0.39, 0.29) is 0 Å². The Balaban J connectivity index is 3.95. The second-order valence-corrected chi connectivity index (χ2v) is 2.78. The van der Waals surface area contributed by atoms with Crippen LogP contribution in [0.3, 0.4) is 0 Å². The van der Waals surface area contributed by atoms with Crippen molar-refractivity contribution in [3.63, 3.8) is 0 Å². The van der Waals surface area contributed by atoms with Crippen molar-refractivity contribution in [3.05, 3.63) is 37.0 Å². The lowest BCUT2D eigenvalue weighted by Gasteiger charge is -2.03. The molecule has 0 amide bonds. The first-order chi connectivity index (χ1) is 4.70. The number of hydrogen-bond donors (Lipinski definition) is 0. The van der Waals surface area contributed by atoms with Gasteiger partial charge in [0.15, 0.2) is 0 Å². The van der Waals surface area contributed by atoms with Crippen molar-refractivity contribution in [2.75, 3.05) is 0 Å². The summed E-state index contributed by atoms with van der Waals surface area (Å²) in [5.41, 5.74) is 1.27. The zero-order valence-electron chi connectivity index (χ0n) is 6.93. The number of hydrogen-bond acceptors (Lipinski definition) is 0. The van der Waals surface area contributed by atoms with Crippen molar-refractivity contribution < 1.29 is 0 Å². The van der Waals surface area contributed by atoms with E-state index < -0.39 is 0 Å². The predicted molar refractivity (Wildman–Crippen MR) is 47.9 cm³/mol.